The zero-order chi connectivity index (χ0) is 19.2. The number of carbonyl (C=O) groups excluding carboxylic acids is 3. The number of amides is 2. The van der Waals surface area contributed by atoms with E-state index < -0.39 is 17.8 Å². The molecule has 0 aromatic carbocycles. The van der Waals surface area contributed by atoms with E-state index in [0.29, 0.717) is 16.5 Å². The molecule has 27 heavy (non-hydrogen) atoms. The largest absolute Gasteiger partial charge is 0.465 e. The first-order chi connectivity index (χ1) is 13.1. The van der Waals surface area contributed by atoms with E-state index in [1.807, 2.05) is 0 Å². The van der Waals surface area contributed by atoms with E-state index in [1.165, 1.54) is 37.7 Å². The van der Waals surface area contributed by atoms with E-state index in [9.17, 15) is 14.4 Å². The lowest BCUT2D eigenvalue weighted by Gasteiger charge is -2.16. The van der Waals surface area contributed by atoms with Crippen LogP contribution in [0.2, 0.25) is 0 Å². The summed E-state index contributed by atoms with van der Waals surface area (Å²) in [5.41, 5.74) is 3.59. The highest BCUT2D eigenvalue weighted by molar-refractivity contribution is 7.17. The first-order valence-electron chi connectivity index (χ1n) is 9.47. The van der Waals surface area contributed by atoms with E-state index in [1.54, 1.807) is 6.21 Å². The van der Waals surface area contributed by atoms with Gasteiger partial charge in [-0.2, -0.15) is 5.10 Å². The molecule has 0 unspecified atom stereocenters. The molecule has 0 spiro atoms. The fourth-order valence-electron chi connectivity index (χ4n) is 3.67. The summed E-state index contributed by atoms with van der Waals surface area (Å²) in [5, 5.41) is 6.87. The number of methoxy groups -OCH3 is 1. The van der Waals surface area contributed by atoms with Gasteiger partial charge in [0, 0.05) is 11.1 Å². The first-order valence-corrected chi connectivity index (χ1v) is 10.3. The molecule has 2 aliphatic carbocycles. The third-order valence-electron chi connectivity index (χ3n) is 5.10. The Morgan fingerprint density at radius 1 is 1.07 bits per heavy atom. The van der Waals surface area contributed by atoms with Crippen LogP contribution >= 0.6 is 11.3 Å². The number of ether oxygens (including phenoxy) is 1. The lowest BCUT2D eigenvalue weighted by atomic mass is 9.90. The maximum atomic E-state index is 12.2. The Morgan fingerprint density at radius 2 is 1.81 bits per heavy atom. The number of aryl methyl sites for hydroxylation is 1. The third kappa shape index (κ3) is 4.74. The molecular formula is C19H25N3O4S. The van der Waals surface area contributed by atoms with Crippen LogP contribution in [0.15, 0.2) is 5.10 Å². The summed E-state index contributed by atoms with van der Waals surface area (Å²) in [4.78, 5) is 37.5. The van der Waals surface area contributed by atoms with Crippen molar-refractivity contribution in [3.05, 3.63) is 16.0 Å². The van der Waals surface area contributed by atoms with Crippen molar-refractivity contribution in [3.8, 4) is 0 Å². The highest BCUT2D eigenvalue weighted by atomic mass is 32.1. The number of nitrogens with one attached hydrogen (secondary N) is 2. The molecule has 7 nitrogen and oxygen atoms in total. The Balaban J connectivity index is 1.64. The molecule has 0 bridgehead atoms. The number of fused-ring (bicyclic) bond motifs is 1. The summed E-state index contributed by atoms with van der Waals surface area (Å²) in [6.45, 7) is 0. The number of hydrazone groups is 1. The van der Waals surface area contributed by atoms with E-state index in [-0.39, 0.29) is 0 Å². The van der Waals surface area contributed by atoms with E-state index in [0.717, 1.165) is 49.0 Å². The number of thiophene rings is 1. The SMILES string of the molecule is COC(=O)c1c(NC(=O)C(=O)N/N=C\C2CCCCC2)sc2c1CCCC2. The van der Waals surface area contributed by atoms with Gasteiger partial charge in [0.1, 0.15) is 5.00 Å². The van der Waals surface area contributed by atoms with Gasteiger partial charge < -0.3 is 10.1 Å². The van der Waals surface area contributed by atoms with E-state index in [2.05, 4.69) is 15.8 Å². The van der Waals surface area contributed by atoms with Crippen LogP contribution in [-0.2, 0) is 27.2 Å². The number of anilines is 1. The molecule has 1 saturated carbocycles. The molecule has 0 saturated heterocycles. The second-order valence-electron chi connectivity index (χ2n) is 6.98. The maximum Gasteiger partial charge on any atom is 0.341 e. The first kappa shape index (κ1) is 19.5. The molecule has 2 amide bonds. The summed E-state index contributed by atoms with van der Waals surface area (Å²) in [7, 11) is 1.31. The highest BCUT2D eigenvalue weighted by Gasteiger charge is 2.28. The molecule has 1 heterocycles. The fraction of sp³-hybridized carbons (Fsp3) is 0.579. The predicted octanol–water partition coefficient (Wildman–Crippen LogP) is 3.03. The Kier molecular flexibility index (Phi) is 6.60. The molecule has 1 aromatic rings. The van der Waals surface area contributed by atoms with Crippen LogP contribution < -0.4 is 10.7 Å². The van der Waals surface area contributed by atoms with Gasteiger partial charge >= 0.3 is 17.8 Å². The predicted molar refractivity (Wildman–Crippen MR) is 104 cm³/mol. The van der Waals surface area contributed by atoms with Crippen LogP contribution in [-0.4, -0.2) is 31.1 Å². The van der Waals surface area contributed by atoms with Crippen molar-refractivity contribution in [2.75, 3.05) is 12.4 Å². The van der Waals surface area contributed by atoms with E-state index >= 15 is 0 Å². The molecule has 0 aliphatic heterocycles. The fourth-order valence-corrected chi connectivity index (χ4v) is 4.94. The Bertz CT molecular complexity index is 750. The standard InChI is InChI=1S/C19H25N3O4S/c1-26-19(25)15-13-9-5-6-10-14(13)27-18(15)21-16(23)17(24)22-20-11-12-7-3-2-4-8-12/h11-12H,2-10H2,1H3,(H,21,23)(H,22,24)/b20-11-. The zero-order valence-electron chi connectivity index (χ0n) is 15.5. The summed E-state index contributed by atoms with van der Waals surface area (Å²) in [6.07, 6.45) is 11.1. The van der Waals surface area contributed by atoms with Gasteiger partial charge in [-0.25, -0.2) is 10.2 Å². The van der Waals surface area contributed by atoms with Gasteiger partial charge in [0.15, 0.2) is 0 Å². The lowest BCUT2D eigenvalue weighted by Crippen LogP contribution is -2.32. The van der Waals surface area contributed by atoms with Crippen molar-refractivity contribution < 1.29 is 19.1 Å². The summed E-state index contributed by atoms with van der Waals surface area (Å²) < 4.78 is 4.87. The van der Waals surface area contributed by atoms with Crippen LogP contribution in [0.5, 0.6) is 0 Å². The number of carbonyl (C=O) groups is 3. The molecule has 3 rings (SSSR count). The van der Waals surface area contributed by atoms with Gasteiger partial charge in [0.05, 0.1) is 12.7 Å². The number of nitrogens with zero attached hydrogens (tertiary/aromatic N) is 1. The average Bonchev–Trinajstić information content (AvgIpc) is 3.05. The molecule has 2 N–H and O–H groups in total. The minimum Gasteiger partial charge on any atom is -0.465 e. The average molecular weight is 391 g/mol. The third-order valence-corrected chi connectivity index (χ3v) is 6.30. The summed E-state index contributed by atoms with van der Waals surface area (Å²) in [6, 6.07) is 0. The van der Waals surface area contributed by atoms with E-state index in [4.69, 9.17) is 4.74 Å². The number of esters is 1. The van der Waals surface area contributed by atoms with Gasteiger partial charge in [-0.1, -0.05) is 19.3 Å². The van der Waals surface area contributed by atoms with Gasteiger partial charge in [0.25, 0.3) is 0 Å². The minimum atomic E-state index is -0.843. The second-order valence-corrected chi connectivity index (χ2v) is 8.08. The van der Waals surface area contributed by atoms with Gasteiger partial charge in [-0.3, -0.25) is 9.59 Å². The number of rotatable bonds is 4. The molecule has 8 heteroatoms. The minimum absolute atomic E-state index is 0.358. The van der Waals surface area contributed by atoms with Crippen molar-refractivity contribution in [2.45, 2.75) is 57.8 Å². The normalized spacial score (nSPS) is 17.4. The van der Waals surface area contributed by atoms with Crippen LogP contribution in [0.25, 0.3) is 0 Å². The van der Waals surface area contributed by atoms with Gasteiger partial charge in [-0.05, 0) is 50.0 Å². The smallest absolute Gasteiger partial charge is 0.341 e. The molecule has 0 atom stereocenters. The molecule has 0 radical (unpaired) electrons. The van der Waals surface area contributed by atoms with Crippen LogP contribution in [0.3, 0.4) is 0 Å². The van der Waals surface area contributed by atoms with Crippen molar-refractivity contribution in [3.63, 3.8) is 0 Å². The maximum absolute atomic E-state index is 12.2. The van der Waals surface area contributed by atoms with Gasteiger partial charge in [0.2, 0.25) is 0 Å². The quantitative estimate of drug-likeness (QED) is 0.357. The van der Waals surface area contributed by atoms with Crippen LogP contribution in [0.1, 0.15) is 65.7 Å². The lowest BCUT2D eigenvalue weighted by molar-refractivity contribution is -0.136. The Labute approximate surface area is 162 Å². The van der Waals surface area contributed by atoms with Crippen molar-refractivity contribution >= 4 is 40.3 Å². The summed E-state index contributed by atoms with van der Waals surface area (Å²) >= 11 is 1.35. The van der Waals surface area contributed by atoms with Gasteiger partial charge in [-0.15, -0.1) is 11.3 Å². The molecule has 2 aliphatic rings. The Hall–Kier alpha value is -2.22. The monoisotopic (exact) mass is 391 g/mol. The molecular weight excluding hydrogens is 366 g/mol. The molecule has 1 aromatic heterocycles. The van der Waals surface area contributed by atoms with Crippen molar-refractivity contribution in [1.29, 1.82) is 0 Å². The topological polar surface area (TPSA) is 96.9 Å². The Morgan fingerprint density at radius 3 is 2.56 bits per heavy atom. The second kappa shape index (κ2) is 9.12. The van der Waals surface area contributed by atoms with Crippen molar-refractivity contribution in [1.82, 2.24) is 5.43 Å². The molecule has 1 fully saturated rings. The zero-order valence-corrected chi connectivity index (χ0v) is 16.3. The van der Waals surface area contributed by atoms with Crippen LogP contribution in [0, 0.1) is 5.92 Å². The number of hydrogen-bond acceptors (Lipinski definition) is 6. The number of hydrogen-bond donors (Lipinski definition) is 2. The molecule has 146 valence electrons. The van der Waals surface area contributed by atoms with Crippen molar-refractivity contribution in [2.24, 2.45) is 11.0 Å². The summed E-state index contributed by atoms with van der Waals surface area (Å²) in [5.74, 6) is -1.80. The highest BCUT2D eigenvalue weighted by Crippen LogP contribution is 2.38. The van der Waals surface area contributed by atoms with Crippen LogP contribution in [0.4, 0.5) is 5.00 Å².